The first-order valence-electron chi connectivity index (χ1n) is 10.0. The van der Waals surface area contributed by atoms with Crippen molar-refractivity contribution in [2.45, 2.75) is 13.8 Å². The Morgan fingerprint density at radius 2 is 1.81 bits per heavy atom. The first-order chi connectivity index (χ1) is 15.5. The Kier molecular flexibility index (Phi) is 7.77. The maximum Gasteiger partial charge on any atom is 0.294 e. The van der Waals surface area contributed by atoms with Gasteiger partial charge in [0.25, 0.3) is 11.1 Å². The van der Waals surface area contributed by atoms with Crippen LogP contribution in [0.3, 0.4) is 0 Å². The van der Waals surface area contributed by atoms with Crippen molar-refractivity contribution in [3.63, 3.8) is 0 Å². The lowest BCUT2D eigenvalue weighted by molar-refractivity contribution is -0.127. The van der Waals surface area contributed by atoms with Crippen LogP contribution in [0, 0.1) is 0 Å². The smallest absolute Gasteiger partial charge is 0.294 e. The van der Waals surface area contributed by atoms with Crippen LogP contribution in [0.15, 0.2) is 47.4 Å². The molecule has 1 heterocycles. The second kappa shape index (κ2) is 10.7. The molecule has 0 unspecified atom stereocenters. The SMILES string of the molecule is CCOc1ccc(/C=C2/SC(=O)N(CC(=O)Nc3ccccc3OC)C2=O)c(OCC)c1. The summed E-state index contributed by atoms with van der Waals surface area (Å²) in [4.78, 5) is 38.8. The molecule has 0 aliphatic carbocycles. The first kappa shape index (κ1) is 23.2. The number of ether oxygens (including phenoxy) is 3. The summed E-state index contributed by atoms with van der Waals surface area (Å²) in [5, 5.41) is 2.15. The topological polar surface area (TPSA) is 94.2 Å². The predicted octanol–water partition coefficient (Wildman–Crippen LogP) is 4.17. The number of nitrogens with zero attached hydrogens (tertiary/aromatic N) is 1. The van der Waals surface area contributed by atoms with Crippen molar-refractivity contribution in [1.82, 2.24) is 4.90 Å². The second-order valence-electron chi connectivity index (χ2n) is 6.58. The number of para-hydroxylation sites is 2. The number of hydrogen-bond donors (Lipinski definition) is 1. The summed E-state index contributed by atoms with van der Waals surface area (Å²) in [7, 11) is 1.49. The maximum atomic E-state index is 12.8. The fourth-order valence-electron chi connectivity index (χ4n) is 3.03. The van der Waals surface area contributed by atoms with Crippen LogP contribution in [-0.4, -0.2) is 48.8 Å². The summed E-state index contributed by atoms with van der Waals surface area (Å²) in [6, 6.07) is 12.2. The zero-order valence-electron chi connectivity index (χ0n) is 18.0. The molecule has 0 aromatic heterocycles. The van der Waals surface area contributed by atoms with Gasteiger partial charge in [-0.1, -0.05) is 12.1 Å². The average molecular weight is 457 g/mol. The van der Waals surface area contributed by atoms with Gasteiger partial charge in [-0.15, -0.1) is 0 Å². The highest BCUT2D eigenvalue weighted by atomic mass is 32.2. The summed E-state index contributed by atoms with van der Waals surface area (Å²) >= 11 is 0.781. The molecule has 0 spiro atoms. The van der Waals surface area contributed by atoms with Crippen molar-refractivity contribution >= 4 is 40.6 Å². The van der Waals surface area contributed by atoms with E-state index in [1.165, 1.54) is 7.11 Å². The number of carbonyl (C=O) groups is 3. The number of imide groups is 1. The van der Waals surface area contributed by atoms with E-state index in [9.17, 15) is 14.4 Å². The highest BCUT2D eigenvalue weighted by Gasteiger charge is 2.36. The van der Waals surface area contributed by atoms with Gasteiger partial charge in [0, 0.05) is 11.6 Å². The van der Waals surface area contributed by atoms with Crippen LogP contribution in [0.1, 0.15) is 19.4 Å². The van der Waals surface area contributed by atoms with Gasteiger partial charge >= 0.3 is 0 Å². The number of anilines is 1. The normalized spacial score (nSPS) is 14.6. The molecule has 2 aromatic carbocycles. The number of methoxy groups -OCH3 is 1. The van der Waals surface area contributed by atoms with E-state index in [2.05, 4.69) is 5.32 Å². The van der Waals surface area contributed by atoms with E-state index in [0.717, 1.165) is 16.7 Å². The van der Waals surface area contributed by atoms with Gasteiger partial charge < -0.3 is 19.5 Å². The molecule has 2 aromatic rings. The number of benzene rings is 2. The molecule has 3 rings (SSSR count). The lowest BCUT2D eigenvalue weighted by atomic mass is 10.1. The van der Waals surface area contributed by atoms with Crippen LogP contribution in [-0.2, 0) is 9.59 Å². The monoisotopic (exact) mass is 456 g/mol. The van der Waals surface area contributed by atoms with Crippen molar-refractivity contribution in [3.8, 4) is 17.2 Å². The van der Waals surface area contributed by atoms with E-state index in [1.54, 1.807) is 48.5 Å². The lowest BCUT2D eigenvalue weighted by Crippen LogP contribution is -2.36. The molecule has 1 fully saturated rings. The van der Waals surface area contributed by atoms with Crippen molar-refractivity contribution in [2.24, 2.45) is 0 Å². The Labute approximate surface area is 190 Å². The zero-order chi connectivity index (χ0) is 23.1. The zero-order valence-corrected chi connectivity index (χ0v) is 18.9. The van der Waals surface area contributed by atoms with Crippen LogP contribution < -0.4 is 19.5 Å². The molecule has 8 nitrogen and oxygen atoms in total. The molecule has 0 saturated carbocycles. The van der Waals surface area contributed by atoms with E-state index in [-0.39, 0.29) is 4.91 Å². The van der Waals surface area contributed by atoms with Gasteiger partial charge in [0.15, 0.2) is 0 Å². The number of hydrogen-bond acceptors (Lipinski definition) is 7. The molecule has 9 heteroatoms. The van der Waals surface area contributed by atoms with Gasteiger partial charge in [0.1, 0.15) is 23.8 Å². The Morgan fingerprint density at radius 3 is 2.53 bits per heavy atom. The van der Waals surface area contributed by atoms with E-state index in [0.29, 0.717) is 41.7 Å². The third-order valence-electron chi connectivity index (χ3n) is 4.44. The first-order valence-corrected chi connectivity index (χ1v) is 10.9. The van der Waals surface area contributed by atoms with Crippen molar-refractivity contribution in [3.05, 3.63) is 52.9 Å². The summed E-state index contributed by atoms with van der Waals surface area (Å²) in [5.74, 6) is 0.628. The molecular formula is C23H24N2O6S. The number of thioether (sulfide) groups is 1. The molecule has 3 amide bonds. The second-order valence-corrected chi connectivity index (χ2v) is 7.58. The minimum absolute atomic E-state index is 0.213. The molecular weight excluding hydrogens is 432 g/mol. The Balaban J connectivity index is 1.75. The Hall–Kier alpha value is -3.46. The van der Waals surface area contributed by atoms with Gasteiger partial charge in [0.05, 0.1) is 30.9 Å². The van der Waals surface area contributed by atoms with Gasteiger partial charge in [-0.3, -0.25) is 19.3 Å². The van der Waals surface area contributed by atoms with E-state index in [1.807, 2.05) is 13.8 Å². The lowest BCUT2D eigenvalue weighted by Gasteiger charge is -2.14. The number of carbonyl (C=O) groups excluding carboxylic acids is 3. The molecule has 1 aliphatic heterocycles. The Bertz CT molecular complexity index is 1050. The molecule has 0 atom stereocenters. The molecule has 168 valence electrons. The summed E-state index contributed by atoms with van der Waals surface area (Å²) in [5.41, 5.74) is 1.09. The summed E-state index contributed by atoms with van der Waals surface area (Å²) in [6.07, 6.45) is 1.59. The van der Waals surface area contributed by atoms with Gasteiger partial charge in [-0.25, -0.2) is 0 Å². The standard InChI is InChI=1S/C23H24N2O6S/c1-4-30-16-11-10-15(19(13-16)31-5-2)12-20-22(27)25(23(28)32-20)14-21(26)24-17-8-6-7-9-18(17)29-3/h6-13H,4-5,14H2,1-3H3,(H,24,26)/b20-12+. The van der Waals surface area contributed by atoms with E-state index < -0.39 is 23.6 Å². The third kappa shape index (κ3) is 5.42. The van der Waals surface area contributed by atoms with Crippen molar-refractivity contribution in [2.75, 3.05) is 32.2 Å². The van der Waals surface area contributed by atoms with Gasteiger partial charge in [0.2, 0.25) is 5.91 Å². The average Bonchev–Trinajstić information content (AvgIpc) is 3.03. The van der Waals surface area contributed by atoms with Crippen LogP contribution in [0.2, 0.25) is 0 Å². The molecule has 0 radical (unpaired) electrons. The summed E-state index contributed by atoms with van der Waals surface area (Å²) < 4.78 is 16.4. The van der Waals surface area contributed by atoms with Gasteiger partial charge in [-0.05, 0) is 56.0 Å². The highest BCUT2D eigenvalue weighted by Crippen LogP contribution is 2.35. The van der Waals surface area contributed by atoms with Crippen molar-refractivity contribution < 1.29 is 28.6 Å². The summed E-state index contributed by atoms with van der Waals surface area (Å²) in [6.45, 7) is 4.28. The van der Waals surface area contributed by atoms with Crippen LogP contribution in [0.25, 0.3) is 6.08 Å². The van der Waals surface area contributed by atoms with Gasteiger partial charge in [-0.2, -0.15) is 0 Å². The minimum Gasteiger partial charge on any atom is -0.495 e. The van der Waals surface area contributed by atoms with E-state index >= 15 is 0 Å². The molecule has 1 N–H and O–H groups in total. The molecule has 1 aliphatic rings. The number of nitrogens with one attached hydrogen (secondary N) is 1. The highest BCUT2D eigenvalue weighted by molar-refractivity contribution is 8.18. The third-order valence-corrected chi connectivity index (χ3v) is 5.35. The van der Waals surface area contributed by atoms with Crippen LogP contribution in [0.4, 0.5) is 10.5 Å². The molecule has 1 saturated heterocycles. The van der Waals surface area contributed by atoms with Crippen molar-refractivity contribution in [1.29, 1.82) is 0 Å². The largest absolute Gasteiger partial charge is 0.495 e. The fourth-order valence-corrected chi connectivity index (χ4v) is 3.86. The molecule has 0 bridgehead atoms. The number of amides is 3. The maximum absolute atomic E-state index is 12.8. The predicted molar refractivity (Wildman–Crippen MR) is 123 cm³/mol. The quantitative estimate of drug-likeness (QED) is 0.566. The number of rotatable bonds is 9. The minimum atomic E-state index is -0.536. The fraction of sp³-hybridized carbons (Fsp3) is 0.261. The van der Waals surface area contributed by atoms with Crippen LogP contribution >= 0.6 is 11.8 Å². The van der Waals surface area contributed by atoms with E-state index in [4.69, 9.17) is 14.2 Å². The molecule has 32 heavy (non-hydrogen) atoms. The Morgan fingerprint density at radius 1 is 1.06 bits per heavy atom. The van der Waals surface area contributed by atoms with Crippen LogP contribution in [0.5, 0.6) is 17.2 Å².